The molecule has 0 unspecified atom stereocenters. The maximum absolute atomic E-state index is 14.0. The first kappa shape index (κ1) is 26.7. The Hall–Kier alpha value is -3.89. The first-order chi connectivity index (χ1) is 18.7. The number of nitrogens with one attached hydrogen (secondary N) is 3. The molecule has 39 heavy (non-hydrogen) atoms. The quantitative estimate of drug-likeness (QED) is 0.380. The molecule has 0 saturated carbocycles. The number of amides is 2. The molecule has 0 aromatic heterocycles. The van der Waals surface area contributed by atoms with Crippen LogP contribution in [0, 0.1) is 0 Å². The van der Waals surface area contributed by atoms with Crippen LogP contribution in [0.15, 0.2) is 60.7 Å². The van der Waals surface area contributed by atoms with E-state index in [1.807, 2.05) is 23.1 Å². The number of anilines is 4. The summed E-state index contributed by atoms with van der Waals surface area (Å²) in [6.07, 6.45) is -4.22. The Morgan fingerprint density at radius 3 is 2.38 bits per heavy atom. The van der Waals surface area contributed by atoms with Gasteiger partial charge in [0.15, 0.2) is 0 Å². The number of piperazine rings is 1. The van der Waals surface area contributed by atoms with Crippen LogP contribution in [0.1, 0.15) is 34.0 Å². The van der Waals surface area contributed by atoms with Crippen molar-refractivity contribution < 1.29 is 22.8 Å². The number of alkyl halides is 3. The van der Waals surface area contributed by atoms with Crippen LogP contribution in [0.2, 0.25) is 0 Å². The number of nitrogens with zero attached hydrogens (tertiary/aromatic N) is 2. The Morgan fingerprint density at radius 1 is 0.923 bits per heavy atom. The molecule has 1 saturated heterocycles. The Balaban J connectivity index is 1.28. The second-order valence-electron chi connectivity index (χ2n) is 9.84. The predicted octanol–water partition coefficient (Wildman–Crippen LogP) is 5.33. The van der Waals surface area contributed by atoms with Gasteiger partial charge < -0.3 is 20.9 Å². The van der Waals surface area contributed by atoms with Gasteiger partial charge in [-0.3, -0.25) is 14.5 Å². The van der Waals surface area contributed by atoms with Crippen LogP contribution in [0.3, 0.4) is 0 Å². The molecule has 1 fully saturated rings. The molecule has 10 heteroatoms. The Labute approximate surface area is 225 Å². The topological polar surface area (TPSA) is 76.7 Å². The van der Waals surface area contributed by atoms with E-state index < -0.39 is 17.6 Å². The highest BCUT2D eigenvalue weighted by atomic mass is 19.4. The molecule has 3 aromatic rings. The molecule has 0 aliphatic carbocycles. The summed E-state index contributed by atoms with van der Waals surface area (Å²) < 4.78 is 41.9. The van der Waals surface area contributed by atoms with Crippen LogP contribution < -0.4 is 16.0 Å². The van der Waals surface area contributed by atoms with E-state index in [0.717, 1.165) is 42.6 Å². The fourth-order valence-corrected chi connectivity index (χ4v) is 4.96. The molecule has 3 aromatic carbocycles. The lowest BCUT2D eigenvalue weighted by molar-refractivity contribution is -0.138. The summed E-state index contributed by atoms with van der Waals surface area (Å²) in [6.45, 7) is 6.26. The van der Waals surface area contributed by atoms with Crippen LogP contribution >= 0.6 is 0 Å². The first-order valence-electron chi connectivity index (χ1n) is 12.9. The van der Waals surface area contributed by atoms with Gasteiger partial charge in [-0.15, -0.1) is 0 Å². The molecular formula is C29H30F3N5O2. The van der Waals surface area contributed by atoms with E-state index in [9.17, 15) is 22.8 Å². The van der Waals surface area contributed by atoms with Crippen LogP contribution in [0.25, 0.3) is 0 Å². The average molecular weight is 538 g/mol. The molecule has 2 aliphatic heterocycles. The lowest BCUT2D eigenvalue weighted by Gasteiger charge is -2.34. The van der Waals surface area contributed by atoms with Gasteiger partial charge in [-0.2, -0.15) is 13.2 Å². The van der Waals surface area contributed by atoms with Crippen molar-refractivity contribution in [2.75, 3.05) is 48.7 Å². The molecule has 7 nitrogen and oxygen atoms in total. The third-order valence-electron chi connectivity index (χ3n) is 7.13. The molecule has 2 heterocycles. The Morgan fingerprint density at radius 2 is 1.64 bits per heavy atom. The van der Waals surface area contributed by atoms with Gasteiger partial charge in [-0.1, -0.05) is 25.1 Å². The molecule has 0 bridgehead atoms. The third kappa shape index (κ3) is 6.40. The molecule has 0 spiro atoms. The molecule has 2 aliphatic rings. The molecular weight excluding hydrogens is 507 g/mol. The summed E-state index contributed by atoms with van der Waals surface area (Å²) in [5, 5.41) is 8.73. The molecule has 2 amide bonds. The van der Waals surface area contributed by atoms with Crippen molar-refractivity contribution in [3.05, 3.63) is 82.9 Å². The van der Waals surface area contributed by atoms with E-state index in [1.165, 1.54) is 12.1 Å². The van der Waals surface area contributed by atoms with Gasteiger partial charge in [0.1, 0.15) is 0 Å². The zero-order valence-electron chi connectivity index (χ0n) is 21.6. The van der Waals surface area contributed by atoms with E-state index in [0.29, 0.717) is 30.9 Å². The van der Waals surface area contributed by atoms with Crippen molar-refractivity contribution in [2.24, 2.45) is 0 Å². The van der Waals surface area contributed by atoms with Crippen LogP contribution in [0.4, 0.5) is 35.9 Å². The molecule has 204 valence electrons. The van der Waals surface area contributed by atoms with Crippen LogP contribution in [0.5, 0.6) is 0 Å². The minimum absolute atomic E-state index is 0.0524. The fourth-order valence-electron chi connectivity index (χ4n) is 4.96. The molecule has 3 N–H and O–H groups in total. The number of likely N-dealkylation sites (N-methyl/N-ethyl adjacent to an activating group) is 1. The number of hydrogen-bond acceptors (Lipinski definition) is 5. The van der Waals surface area contributed by atoms with Gasteiger partial charge in [0.2, 0.25) is 5.91 Å². The van der Waals surface area contributed by atoms with E-state index >= 15 is 0 Å². The number of benzene rings is 3. The number of carbonyl (C=O) groups excluding carboxylic acids is 2. The number of halogens is 3. The third-order valence-corrected chi connectivity index (χ3v) is 7.13. The Kier molecular flexibility index (Phi) is 7.58. The summed E-state index contributed by atoms with van der Waals surface area (Å²) >= 11 is 0. The van der Waals surface area contributed by atoms with Crippen molar-refractivity contribution in [1.82, 2.24) is 9.80 Å². The minimum Gasteiger partial charge on any atom is -0.355 e. The summed E-state index contributed by atoms with van der Waals surface area (Å²) in [4.78, 5) is 28.8. The van der Waals surface area contributed by atoms with E-state index in [-0.39, 0.29) is 23.6 Å². The number of rotatable bonds is 7. The van der Waals surface area contributed by atoms with Crippen molar-refractivity contribution in [3.8, 4) is 0 Å². The molecule has 5 rings (SSSR count). The lowest BCUT2D eigenvalue weighted by atomic mass is 10.0. The summed E-state index contributed by atoms with van der Waals surface area (Å²) in [5.74, 6) is -0.676. The lowest BCUT2D eigenvalue weighted by Crippen LogP contribution is -2.45. The first-order valence-corrected chi connectivity index (χ1v) is 12.9. The largest absolute Gasteiger partial charge is 0.416 e. The highest BCUT2D eigenvalue weighted by molar-refractivity contribution is 6.04. The monoisotopic (exact) mass is 537 g/mol. The van der Waals surface area contributed by atoms with Crippen molar-refractivity contribution >= 4 is 34.6 Å². The van der Waals surface area contributed by atoms with Crippen molar-refractivity contribution in [3.63, 3.8) is 0 Å². The van der Waals surface area contributed by atoms with Gasteiger partial charge in [0.05, 0.1) is 12.0 Å². The normalized spacial score (nSPS) is 16.1. The van der Waals surface area contributed by atoms with E-state index in [2.05, 4.69) is 27.8 Å². The number of carbonyl (C=O) groups is 2. The van der Waals surface area contributed by atoms with Gasteiger partial charge in [0, 0.05) is 61.0 Å². The van der Waals surface area contributed by atoms with Crippen LogP contribution in [-0.2, 0) is 23.9 Å². The van der Waals surface area contributed by atoms with Gasteiger partial charge in [-0.25, -0.2) is 0 Å². The standard InChI is InChI=1S/C29H30F3N5O2/c1-2-36-10-12-37(13-11-36)18-21-7-6-20(14-25(21)29(30,31)32)28(39)34-23-5-3-4-22(16-23)33-24-9-8-19-15-27(38)35-26(19)17-24/h3-9,14,16-17,33H,2,10-13,15,18H2,1H3,(H,34,39)(H,35,38). The Bertz CT molecular complexity index is 1380. The average Bonchev–Trinajstić information content (AvgIpc) is 3.28. The number of hydrogen-bond donors (Lipinski definition) is 3. The van der Waals surface area contributed by atoms with Crippen LogP contribution in [-0.4, -0.2) is 54.3 Å². The summed E-state index contributed by atoms with van der Waals surface area (Å²) in [5.41, 5.74) is 2.86. The minimum atomic E-state index is -4.57. The van der Waals surface area contributed by atoms with Gasteiger partial charge in [0.25, 0.3) is 5.91 Å². The zero-order chi connectivity index (χ0) is 27.6. The van der Waals surface area contributed by atoms with Crippen molar-refractivity contribution in [2.45, 2.75) is 26.1 Å². The highest BCUT2D eigenvalue weighted by Gasteiger charge is 2.34. The fraction of sp³-hybridized carbons (Fsp3) is 0.310. The SMILES string of the molecule is CCN1CCN(Cc2ccc(C(=O)Nc3cccc(Nc4ccc5c(c4)NC(=O)C5)c3)cc2C(F)(F)F)CC1. The van der Waals surface area contributed by atoms with E-state index in [4.69, 9.17) is 0 Å². The second-order valence-corrected chi connectivity index (χ2v) is 9.84. The van der Waals surface area contributed by atoms with Gasteiger partial charge in [-0.05, 0) is 60.1 Å². The van der Waals surface area contributed by atoms with E-state index in [1.54, 1.807) is 24.3 Å². The maximum atomic E-state index is 14.0. The smallest absolute Gasteiger partial charge is 0.355 e. The molecule has 0 atom stereocenters. The summed E-state index contributed by atoms with van der Waals surface area (Å²) in [6, 6.07) is 16.2. The zero-order valence-corrected chi connectivity index (χ0v) is 21.6. The molecule has 0 radical (unpaired) electrons. The summed E-state index contributed by atoms with van der Waals surface area (Å²) in [7, 11) is 0. The van der Waals surface area contributed by atoms with Gasteiger partial charge >= 0.3 is 6.18 Å². The highest BCUT2D eigenvalue weighted by Crippen LogP contribution is 2.34. The van der Waals surface area contributed by atoms with Crippen molar-refractivity contribution in [1.29, 1.82) is 0 Å². The number of fused-ring (bicyclic) bond motifs is 1. The predicted molar refractivity (Wildman–Crippen MR) is 145 cm³/mol. The maximum Gasteiger partial charge on any atom is 0.416 e. The second kappa shape index (κ2) is 11.1.